The van der Waals surface area contributed by atoms with Gasteiger partial charge in [-0.1, -0.05) is 46.3 Å². The summed E-state index contributed by atoms with van der Waals surface area (Å²) in [5.74, 6) is -1.75. The second kappa shape index (κ2) is 13.4. The molecule has 4 aromatic carbocycles. The van der Waals surface area contributed by atoms with E-state index in [2.05, 4.69) is 37.1 Å². The van der Waals surface area contributed by atoms with Crippen LogP contribution in [0, 0.1) is 0 Å². The fourth-order valence-corrected chi connectivity index (χ4v) is 4.34. The van der Waals surface area contributed by atoms with E-state index >= 15 is 0 Å². The number of halogens is 1. The van der Waals surface area contributed by atoms with Crippen LogP contribution in [0.1, 0.15) is 15.9 Å². The summed E-state index contributed by atoms with van der Waals surface area (Å²) in [6.07, 6.45) is 3.18. The summed E-state index contributed by atoms with van der Waals surface area (Å²) >= 11 is 3.35. The molecule has 1 aromatic heterocycles. The molecule has 1 heterocycles. The minimum atomic E-state index is -1.01. The molecule has 0 aliphatic heterocycles. The van der Waals surface area contributed by atoms with Gasteiger partial charge in [0.1, 0.15) is 11.4 Å². The lowest BCUT2D eigenvalue weighted by Gasteiger charge is -2.11. The van der Waals surface area contributed by atoms with Crippen LogP contribution in [0.5, 0.6) is 5.75 Å². The number of carbonyl (C=O) groups excluding carboxylic acids is 3. The SMILES string of the molecule is COc1ccc(-c2nn(-c3ccccc3)cc2C=NNC(=O)C(=O)Nc2ccccc2C(=O)Nc2ccc(Br)cc2)cc1. The zero-order chi connectivity index (χ0) is 30.2. The molecule has 0 aliphatic rings. The zero-order valence-electron chi connectivity index (χ0n) is 22.8. The highest BCUT2D eigenvalue weighted by Crippen LogP contribution is 2.25. The minimum Gasteiger partial charge on any atom is -0.497 e. The summed E-state index contributed by atoms with van der Waals surface area (Å²) in [7, 11) is 1.59. The van der Waals surface area contributed by atoms with E-state index < -0.39 is 17.7 Å². The first-order valence-corrected chi connectivity index (χ1v) is 13.8. The fourth-order valence-electron chi connectivity index (χ4n) is 4.08. The molecule has 0 aliphatic carbocycles. The molecule has 0 saturated carbocycles. The van der Waals surface area contributed by atoms with Gasteiger partial charge in [-0.15, -0.1) is 0 Å². The van der Waals surface area contributed by atoms with Crippen molar-refractivity contribution in [3.63, 3.8) is 0 Å². The predicted octanol–water partition coefficient (Wildman–Crippen LogP) is 5.65. The van der Waals surface area contributed by atoms with Crippen LogP contribution >= 0.6 is 15.9 Å². The fraction of sp³-hybridized carbons (Fsp3) is 0.0312. The predicted molar refractivity (Wildman–Crippen MR) is 168 cm³/mol. The van der Waals surface area contributed by atoms with Crippen LogP contribution in [-0.2, 0) is 9.59 Å². The van der Waals surface area contributed by atoms with Gasteiger partial charge in [0.05, 0.1) is 30.3 Å². The third-order valence-corrected chi connectivity index (χ3v) is 6.75. The van der Waals surface area contributed by atoms with Gasteiger partial charge in [-0.25, -0.2) is 10.1 Å². The summed E-state index contributed by atoms with van der Waals surface area (Å²) in [6.45, 7) is 0. The molecule has 11 heteroatoms. The molecule has 0 spiro atoms. The lowest BCUT2D eigenvalue weighted by molar-refractivity contribution is -0.136. The maximum atomic E-state index is 12.9. The Hall–Kier alpha value is -5.55. The van der Waals surface area contributed by atoms with Gasteiger partial charge in [0, 0.05) is 27.5 Å². The summed E-state index contributed by atoms with van der Waals surface area (Å²) in [5, 5.41) is 14.0. The van der Waals surface area contributed by atoms with Crippen molar-refractivity contribution in [1.29, 1.82) is 0 Å². The second-order valence-corrected chi connectivity index (χ2v) is 10.0. The Morgan fingerprint density at radius 3 is 2.26 bits per heavy atom. The van der Waals surface area contributed by atoms with Crippen molar-refractivity contribution in [2.45, 2.75) is 0 Å². The maximum absolute atomic E-state index is 12.9. The number of ether oxygens (including phenoxy) is 1. The number of aromatic nitrogens is 2. The Morgan fingerprint density at radius 2 is 1.53 bits per heavy atom. The Balaban J connectivity index is 1.29. The zero-order valence-corrected chi connectivity index (χ0v) is 24.4. The van der Waals surface area contributed by atoms with Gasteiger partial charge < -0.3 is 15.4 Å². The summed E-state index contributed by atoms with van der Waals surface area (Å²) in [4.78, 5) is 38.2. The van der Waals surface area contributed by atoms with Gasteiger partial charge in [-0.3, -0.25) is 14.4 Å². The van der Waals surface area contributed by atoms with E-state index in [0.29, 0.717) is 22.7 Å². The highest BCUT2D eigenvalue weighted by Gasteiger charge is 2.18. The van der Waals surface area contributed by atoms with Crippen LogP contribution in [0.3, 0.4) is 0 Å². The van der Waals surface area contributed by atoms with Crippen LogP contribution in [0.15, 0.2) is 119 Å². The number of anilines is 2. The first kappa shape index (κ1) is 29.0. The van der Waals surface area contributed by atoms with Crippen molar-refractivity contribution in [1.82, 2.24) is 15.2 Å². The third kappa shape index (κ3) is 7.21. The lowest BCUT2D eigenvalue weighted by Crippen LogP contribution is -2.33. The van der Waals surface area contributed by atoms with Gasteiger partial charge in [0.2, 0.25) is 0 Å². The van der Waals surface area contributed by atoms with Crippen molar-refractivity contribution in [2.24, 2.45) is 5.10 Å². The number of nitrogens with zero attached hydrogens (tertiary/aromatic N) is 3. The molecule has 0 bridgehead atoms. The Labute approximate surface area is 255 Å². The summed E-state index contributed by atoms with van der Waals surface area (Å²) in [6, 6.07) is 30.3. The number of benzene rings is 4. The number of hydrogen-bond acceptors (Lipinski definition) is 6. The number of rotatable bonds is 8. The molecule has 43 heavy (non-hydrogen) atoms. The molecule has 0 saturated heterocycles. The van der Waals surface area contributed by atoms with Crippen molar-refractivity contribution < 1.29 is 19.1 Å². The number of carbonyl (C=O) groups is 3. The number of hydrogen-bond donors (Lipinski definition) is 3. The third-order valence-electron chi connectivity index (χ3n) is 6.22. The Bertz CT molecular complexity index is 1790. The highest BCUT2D eigenvalue weighted by atomic mass is 79.9. The van der Waals surface area contributed by atoms with Crippen molar-refractivity contribution >= 4 is 51.2 Å². The van der Waals surface area contributed by atoms with Crippen LogP contribution in [0.4, 0.5) is 11.4 Å². The number of para-hydroxylation sites is 2. The molecule has 0 fully saturated rings. The number of hydrazone groups is 1. The summed E-state index contributed by atoms with van der Waals surface area (Å²) in [5.41, 5.74) is 6.04. The first-order chi connectivity index (χ1) is 20.9. The molecule has 0 atom stereocenters. The van der Waals surface area contributed by atoms with E-state index in [1.165, 1.54) is 12.3 Å². The standard InChI is InChI=1S/C32H25BrN6O4/c1-43-26-17-11-21(12-18-26)29-22(20-39(38-29)25-7-3-2-4-8-25)19-34-37-32(42)31(41)36-28-10-6-5-9-27(28)30(40)35-24-15-13-23(33)14-16-24/h2-20H,1H3,(H,35,40)(H,36,41)(H,37,42). The number of amides is 3. The molecule has 214 valence electrons. The molecule has 5 aromatic rings. The van der Waals surface area contributed by atoms with Crippen LogP contribution in [0.2, 0.25) is 0 Å². The molecule has 0 unspecified atom stereocenters. The van der Waals surface area contributed by atoms with Crippen LogP contribution in [-0.4, -0.2) is 40.8 Å². The lowest BCUT2D eigenvalue weighted by atomic mass is 10.1. The van der Waals surface area contributed by atoms with E-state index in [0.717, 1.165) is 15.7 Å². The van der Waals surface area contributed by atoms with E-state index in [1.807, 2.05) is 54.6 Å². The molecule has 3 amide bonds. The highest BCUT2D eigenvalue weighted by molar-refractivity contribution is 9.10. The summed E-state index contributed by atoms with van der Waals surface area (Å²) < 4.78 is 7.83. The molecule has 3 N–H and O–H groups in total. The van der Waals surface area contributed by atoms with Crippen LogP contribution < -0.4 is 20.8 Å². The van der Waals surface area contributed by atoms with Crippen LogP contribution in [0.25, 0.3) is 16.9 Å². The van der Waals surface area contributed by atoms with E-state index in [1.54, 1.807) is 60.5 Å². The van der Waals surface area contributed by atoms with Gasteiger partial charge >= 0.3 is 11.8 Å². The average Bonchev–Trinajstić information content (AvgIpc) is 3.47. The minimum absolute atomic E-state index is 0.173. The Morgan fingerprint density at radius 1 is 0.837 bits per heavy atom. The average molecular weight is 637 g/mol. The molecule has 10 nitrogen and oxygen atoms in total. The first-order valence-electron chi connectivity index (χ1n) is 13.0. The largest absolute Gasteiger partial charge is 0.497 e. The van der Waals surface area contributed by atoms with E-state index in [-0.39, 0.29) is 11.3 Å². The topological polar surface area (TPSA) is 127 Å². The second-order valence-electron chi connectivity index (χ2n) is 9.10. The van der Waals surface area contributed by atoms with Gasteiger partial charge in [0.15, 0.2) is 0 Å². The quantitative estimate of drug-likeness (QED) is 0.115. The van der Waals surface area contributed by atoms with Gasteiger partial charge in [0.25, 0.3) is 5.91 Å². The Kier molecular flexibility index (Phi) is 9.03. The van der Waals surface area contributed by atoms with Gasteiger partial charge in [-0.05, 0) is 72.8 Å². The molecule has 5 rings (SSSR count). The van der Waals surface area contributed by atoms with Crippen molar-refractivity contribution in [3.05, 3.63) is 125 Å². The number of methoxy groups -OCH3 is 1. The molecular formula is C32H25BrN6O4. The number of nitrogens with one attached hydrogen (secondary N) is 3. The molecular weight excluding hydrogens is 612 g/mol. The maximum Gasteiger partial charge on any atom is 0.329 e. The van der Waals surface area contributed by atoms with E-state index in [4.69, 9.17) is 9.84 Å². The van der Waals surface area contributed by atoms with Crippen molar-refractivity contribution in [3.8, 4) is 22.7 Å². The smallest absolute Gasteiger partial charge is 0.329 e. The van der Waals surface area contributed by atoms with Gasteiger partial charge in [-0.2, -0.15) is 10.2 Å². The van der Waals surface area contributed by atoms with Crippen molar-refractivity contribution in [2.75, 3.05) is 17.7 Å². The van der Waals surface area contributed by atoms with E-state index in [9.17, 15) is 14.4 Å². The monoisotopic (exact) mass is 636 g/mol. The molecule has 0 radical (unpaired) electrons. The normalized spacial score (nSPS) is 10.7.